The van der Waals surface area contributed by atoms with Crippen molar-refractivity contribution in [2.75, 3.05) is 0 Å². The topological polar surface area (TPSA) is 45.1 Å². The molecule has 0 fully saturated rings. The number of halogens is 2. The lowest BCUT2D eigenvalue weighted by atomic mass is 10.2. The summed E-state index contributed by atoms with van der Waals surface area (Å²) in [5.41, 5.74) is 2.54. The van der Waals surface area contributed by atoms with E-state index < -0.39 is 5.97 Å². The van der Waals surface area contributed by atoms with E-state index in [-0.39, 0.29) is 6.42 Å². The molecule has 0 spiro atoms. The fourth-order valence-corrected chi connectivity index (χ4v) is 3.57. The van der Waals surface area contributed by atoms with Crippen molar-refractivity contribution in [3.8, 4) is 16.3 Å². The van der Waals surface area contributed by atoms with Crippen LogP contribution in [0.1, 0.15) is 12.1 Å². The van der Waals surface area contributed by atoms with Gasteiger partial charge in [-0.05, 0) is 54.6 Å². The second-order valence-corrected chi connectivity index (χ2v) is 6.78. The van der Waals surface area contributed by atoms with Crippen molar-refractivity contribution in [2.45, 2.75) is 12.8 Å². The normalized spacial score (nSPS) is 10.9. The Morgan fingerprint density at radius 2 is 2.00 bits per heavy atom. The van der Waals surface area contributed by atoms with Crippen molar-refractivity contribution >= 4 is 40.5 Å². The van der Waals surface area contributed by atoms with Gasteiger partial charge in [0.15, 0.2) is 0 Å². The molecule has 2 heterocycles. The van der Waals surface area contributed by atoms with Gasteiger partial charge in [0.1, 0.15) is 0 Å². The molecule has 0 aliphatic rings. The summed E-state index contributed by atoms with van der Waals surface area (Å²) >= 11 is 14.1. The largest absolute Gasteiger partial charge is 0.550 e. The molecule has 0 amide bonds. The molecule has 23 heavy (non-hydrogen) atoms. The van der Waals surface area contributed by atoms with Crippen molar-refractivity contribution in [3.63, 3.8) is 0 Å². The van der Waals surface area contributed by atoms with Crippen molar-refractivity contribution in [2.24, 2.45) is 0 Å². The van der Waals surface area contributed by atoms with Crippen molar-refractivity contribution in [1.82, 2.24) is 4.57 Å². The maximum Gasteiger partial charge on any atom is 0.0660 e. The molecule has 0 atom stereocenters. The van der Waals surface area contributed by atoms with Gasteiger partial charge in [-0.3, -0.25) is 0 Å². The van der Waals surface area contributed by atoms with E-state index in [1.54, 1.807) is 29.5 Å². The van der Waals surface area contributed by atoms with Crippen LogP contribution in [0.4, 0.5) is 0 Å². The minimum atomic E-state index is -1.08. The molecule has 3 rings (SSSR count). The van der Waals surface area contributed by atoms with Gasteiger partial charge in [0.25, 0.3) is 0 Å². The lowest BCUT2D eigenvalue weighted by Gasteiger charge is -2.15. The lowest BCUT2D eigenvalue weighted by Crippen LogP contribution is -2.22. The van der Waals surface area contributed by atoms with Gasteiger partial charge < -0.3 is 14.5 Å². The number of carbonyl (C=O) groups is 1. The van der Waals surface area contributed by atoms with Crippen LogP contribution in [0.15, 0.2) is 47.8 Å². The molecule has 3 aromatic rings. The van der Waals surface area contributed by atoms with Gasteiger partial charge in [0, 0.05) is 16.7 Å². The Balaban J connectivity index is 2.16. The van der Waals surface area contributed by atoms with Gasteiger partial charge in [-0.2, -0.15) is 0 Å². The Morgan fingerprint density at radius 1 is 1.17 bits per heavy atom. The highest BCUT2D eigenvalue weighted by atomic mass is 35.5. The molecule has 0 N–H and O–H groups in total. The molecule has 2 aromatic heterocycles. The van der Waals surface area contributed by atoms with Crippen LogP contribution in [-0.2, 0) is 11.2 Å². The molecule has 6 heteroatoms. The molecule has 1 aromatic carbocycles. The van der Waals surface area contributed by atoms with Crippen LogP contribution in [0.25, 0.3) is 16.3 Å². The number of hydrogen-bond donors (Lipinski definition) is 0. The van der Waals surface area contributed by atoms with Crippen LogP contribution in [0.5, 0.6) is 0 Å². The van der Waals surface area contributed by atoms with Crippen molar-refractivity contribution < 1.29 is 9.90 Å². The third-order valence-electron chi connectivity index (χ3n) is 3.47. The summed E-state index contributed by atoms with van der Waals surface area (Å²) in [6, 6.07) is 13.1. The average molecular weight is 365 g/mol. The van der Waals surface area contributed by atoms with Gasteiger partial charge >= 0.3 is 0 Å². The van der Waals surface area contributed by atoms with Crippen LogP contribution in [0.2, 0.25) is 10.0 Å². The number of aryl methyl sites for hydroxylation is 1. The molecule has 118 valence electrons. The summed E-state index contributed by atoms with van der Waals surface area (Å²) in [6.45, 7) is 0. The smallest absolute Gasteiger partial charge is 0.0660 e. The van der Waals surface area contributed by atoms with Gasteiger partial charge in [0.2, 0.25) is 0 Å². The highest BCUT2D eigenvalue weighted by molar-refractivity contribution is 7.13. The molecule has 0 unspecified atom stereocenters. The van der Waals surface area contributed by atoms with E-state index in [0.29, 0.717) is 16.5 Å². The fraction of sp³-hybridized carbons (Fsp3) is 0.118. The first-order valence-electron chi connectivity index (χ1n) is 6.96. The van der Waals surface area contributed by atoms with E-state index in [9.17, 15) is 9.90 Å². The Hall–Kier alpha value is -1.75. The Morgan fingerprint density at radius 3 is 2.70 bits per heavy atom. The number of carboxylic acids is 1. The molecule has 0 saturated heterocycles. The lowest BCUT2D eigenvalue weighted by molar-refractivity contribution is -0.305. The number of carboxylic acid groups (broad SMARTS) is 1. The summed E-state index contributed by atoms with van der Waals surface area (Å²) in [5, 5.41) is 13.9. The SMILES string of the molecule is O=C([O-])CCc1ccc(-c2cccs2)n1-c1cc(Cl)ccc1Cl. The maximum atomic E-state index is 10.8. The summed E-state index contributed by atoms with van der Waals surface area (Å²) < 4.78 is 1.96. The number of benzene rings is 1. The van der Waals surface area contributed by atoms with E-state index in [0.717, 1.165) is 22.0 Å². The zero-order chi connectivity index (χ0) is 16.4. The quantitative estimate of drug-likeness (QED) is 0.680. The van der Waals surface area contributed by atoms with Gasteiger partial charge in [0.05, 0.1) is 21.3 Å². The van der Waals surface area contributed by atoms with Crippen LogP contribution in [0, 0.1) is 0 Å². The Kier molecular flexibility index (Phi) is 4.76. The average Bonchev–Trinajstić information content (AvgIpc) is 3.16. The first-order chi connectivity index (χ1) is 11.1. The number of nitrogens with zero attached hydrogens (tertiary/aromatic N) is 1. The second kappa shape index (κ2) is 6.79. The van der Waals surface area contributed by atoms with Crippen LogP contribution < -0.4 is 5.11 Å². The summed E-state index contributed by atoms with van der Waals surface area (Å²) in [4.78, 5) is 11.9. The third-order valence-corrected chi connectivity index (χ3v) is 4.92. The summed E-state index contributed by atoms with van der Waals surface area (Å²) in [5.74, 6) is -1.08. The van der Waals surface area contributed by atoms with Crippen molar-refractivity contribution in [1.29, 1.82) is 0 Å². The fourth-order valence-electron chi connectivity index (χ4n) is 2.46. The Bertz CT molecular complexity index is 840. The summed E-state index contributed by atoms with van der Waals surface area (Å²) in [6.07, 6.45) is 0.308. The monoisotopic (exact) mass is 364 g/mol. The van der Waals surface area contributed by atoms with Crippen molar-refractivity contribution in [3.05, 3.63) is 63.6 Å². The van der Waals surface area contributed by atoms with E-state index in [4.69, 9.17) is 23.2 Å². The molecule has 0 aliphatic carbocycles. The first-order valence-corrected chi connectivity index (χ1v) is 8.59. The third kappa shape index (κ3) is 3.44. The van der Waals surface area contributed by atoms with Gasteiger partial charge in [-0.15, -0.1) is 11.3 Å². The number of aromatic nitrogens is 1. The Labute approximate surface area is 147 Å². The highest BCUT2D eigenvalue weighted by Crippen LogP contribution is 2.34. The van der Waals surface area contributed by atoms with Crippen LogP contribution in [0.3, 0.4) is 0 Å². The predicted octanol–water partition coefficient (Wildman–Crippen LogP) is 4.20. The predicted molar refractivity (Wildman–Crippen MR) is 92.4 cm³/mol. The highest BCUT2D eigenvalue weighted by Gasteiger charge is 2.15. The zero-order valence-corrected chi connectivity index (χ0v) is 14.3. The molecular weight excluding hydrogens is 353 g/mol. The van der Waals surface area contributed by atoms with Crippen LogP contribution >= 0.6 is 34.5 Å². The molecular formula is C17H12Cl2NO2S-. The van der Waals surface area contributed by atoms with E-state index in [1.807, 2.05) is 34.2 Å². The number of aliphatic carboxylic acids is 1. The number of carbonyl (C=O) groups excluding carboxylic acids is 1. The van der Waals surface area contributed by atoms with E-state index in [2.05, 4.69) is 0 Å². The summed E-state index contributed by atoms with van der Waals surface area (Å²) in [7, 11) is 0. The molecule has 0 bridgehead atoms. The number of rotatable bonds is 5. The maximum absolute atomic E-state index is 10.8. The minimum Gasteiger partial charge on any atom is -0.550 e. The van der Waals surface area contributed by atoms with Gasteiger partial charge in [-0.1, -0.05) is 29.3 Å². The first kappa shape index (κ1) is 16.1. The minimum absolute atomic E-state index is 0.0495. The number of thiophene rings is 1. The molecule has 3 nitrogen and oxygen atoms in total. The second-order valence-electron chi connectivity index (χ2n) is 4.99. The van der Waals surface area contributed by atoms with Gasteiger partial charge in [-0.25, -0.2) is 0 Å². The number of hydrogen-bond acceptors (Lipinski definition) is 3. The van der Waals surface area contributed by atoms with E-state index >= 15 is 0 Å². The van der Waals surface area contributed by atoms with Crippen LogP contribution in [-0.4, -0.2) is 10.5 Å². The molecule has 0 saturated carbocycles. The molecule has 0 radical (unpaired) electrons. The van der Waals surface area contributed by atoms with E-state index in [1.165, 1.54) is 0 Å². The zero-order valence-electron chi connectivity index (χ0n) is 12.0. The standard InChI is InChI=1S/C17H13Cl2NO2S/c18-11-3-6-13(19)15(10-11)20-12(5-8-17(21)22)4-7-14(20)16-2-1-9-23-16/h1-4,6-7,9-10H,5,8H2,(H,21,22)/p-1. The molecule has 0 aliphatic heterocycles.